The van der Waals surface area contributed by atoms with E-state index in [1.165, 1.54) is 4.31 Å². The second kappa shape index (κ2) is 4.77. The molecule has 5 nitrogen and oxygen atoms in total. The highest BCUT2D eigenvalue weighted by molar-refractivity contribution is 7.89. The van der Waals surface area contributed by atoms with E-state index < -0.39 is 10.0 Å². The van der Waals surface area contributed by atoms with Crippen LogP contribution in [0.15, 0.2) is 23.1 Å². The predicted molar refractivity (Wildman–Crippen MR) is 69.6 cm³/mol. The van der Waals surface area contributed by atoms with E-state index in [2.05, 4.69) is 0 Å². The van der Waals surface area contributed by atoms with E-state index in [9.17, 15) is 13.5 Å². The van der Waals surface area contributed by atoms with E-state index in [4.69, 9.17) is 4.74 Å². The Balaban J connectivity index is 1.88. The highest BCUT2D eigenvalue weighted by Gasteiger charge is 2.29. The van der Waals surface area contributed by atoms with E-state index >= 15 is 0 Å². The van der Waals surface area contributed by atoms with Crippen molar-refractivity contribution in [3.05, 3.63) is 23.8 Å². The lowest BCUT2D eigenvalue weighted by atomic mass is 10.1. The summed E-state index contributed by atoms with van der Waals surface area (Å²) in [7, 11) is -3.44. The molecule has 1 aromatic carbocycles. The number of hydrogen-bond donors (Lipinski definition) is 1. The summed E-state index contributed by atoms with van der Waals surface area (Å²) in [4.78, 5) is 0.327. The molecule has 2 aliphatic heterocycles. The molecule has 0 aliphatic carbocycles. The fourth-order valence-electron chi connectivity index (χ4n) is 2.55. The summed E-state index contributed by atoms with van der Waals surface area (Å²) in [6.07, 6.45) is 1.40. The van der Waals surface area contributed by atoms with Gasteiger partial charge >= 0.3 is 0 Å². The van der Waals surface area contributed by atoms with Crippen molar-refractivity contribution in [1.29, 1.82) is 0 Å². The van der Waals surface area contributed by atoms with Crippen molar-refractivity contribution in [2.45, 2.75) is 30.3 Å². The summed E-state index contributed by atoms with van der Waals surface area (Å²) >= 11 is 0. The van der Waals surface area contributed by atoms with Gasteiger partial charge < -0.3 is 9.84 Å². The lowest BCUT2D eigenvalue weighted by molar-refractivity contribution is 0.113. The lowest BCUT2D eigenvalue weighted by Gasteiger charge is -2.28. The van der Waals surface area contributed by atoms with Gasteiger partial charge in [-0.3, -0.25) is 0 Å². The number of fused-ring (bicyclic) bond motifs is 1. The fourth-order valence-corrected chi connectivity index (χ4v) is 4.08. The van der Waals surface area contributed by atoms with Crippen LogP contribution >= 0.6 is 0 Å². The monoisotopic (exact) mass is 283 g/mol. The number of piperidine rings is 1. The topological polar surface area (TPSA) is 66.8 Å². The molecule has 1 fully saturated rings. The van der Waals surface area contributed by atoms with Crippen LogP contribution in [0.3, 0.4) is 0 Å². The Hall–Kier alpha value is -1.11. The zero-order valence-electron chi connectivity index (χ0n) is 10.6. The Labute approximate surface area is 112 Å². The number of ether oxygens (including phenoxy) is 1. The Bertz CT molecular complexity index is 576. The molecule has 0 amide bonds. The van der Waals surface area contributed by atoms with Crippen LogP contribution in [-0.4, -0.2) is 43.6 Å². The Morgan fingerprint density at radius 2 is 2.00 bits per heavy atom. The van der Waals surface area contributed by atoms with Crippen molar-refractivity contribution >= 4 is 10.0 Å². The van der Waals surface area contributed by atoms with E-state index in [0.717, 1.165) is 17.7 Å². The first-order chi connectivity index (χ1) is 9.07. The predicted octanol–water partition coefficient (Wildman–Crippen LogP) is 0.767. The van der Waals surface area contributed by atoms with Gasteiger partial charge in [-0.2, -0.15) is 4.31 Å². The third-order valence-electron chi connectivity index (χ3n) is 3.72. The van der Waals surface area contributed by atoms with Crippen molar-refractivity contribution in [2.24, 2.45) is 0 Å². The summed E-state index contributed by atoms with van der Waals surface area (Å²) in [6.45, 7) is 1.39. The molecule has 0 atom stereocenters. The molecule has 3 rings (SSSR count). The van der Waals surface area contributed by atoms with Gasteiger partial charge in [0.1, 0.15) is 5.75 Å². The van der Waals surface area contributed by atoms with Crippen LogP contribution < -0.4 is 4.74 Å². The maximum Gasteiger partial charge on any atom is 0.243 e. The van der Waals surface area contributed by atoms with Crippen molar-refractivity contribution < 1.29 is 18.3 Å². The molecule has 6 heteroatoms. The molecule has 0 unspecified atom stereocenters. The summed E-state index contributed by atoms with van der Waals surface area (Å²) in [6, 6.07) is 5.04. The van der Waals surface area contributed by atoms with Crippen LogP contribution in [0.5, 0.6) is 5.75 Å². The number of aliphatic hydroxyl groups is 1. The molecule has 2 aliphatic rings. The minimum atomic E-state index is -3.44. The maximum absolute atomic E-state index is 12.5. The first-order valence-corrected chi connectivity index (χ1v) is 7.95. The molecule has 0 radical (unpaired) electrons. The number of sulfonamides is 1. The van der Waals surface area contributed by atoms with Gasteiger partial charge in [-0.15, -0.1) is 0 Å². The van der Waals surface area contributed by atoms with E-state index in [0.29, 0.717) is 37.4 Å². The fraction of sp³-hybridized carbons (Fsp3) is 0.538. The molecule has 2 heterocycles. The van der Waals surface area contributed by atoms with Crippen LogP contribution in [0.25, 0.3) is 0 Å². The van der Waals surface area contributed by atoms with E-state index in [-0.39, 0.29) is 6.10 Å². The molecule has 1 saturated heterocycles. The molecular formula is C13H17NO4S. The molecule has 0 saturated carbocycles. The van der Waals surface area contributed by atoms with E-state index in [1.54, 1.807) is 18.2 Å². The molecule has 104 valence electrons. The second-order valence-electron chi connectivity index (χ2n) is 5.00. The average Bonchev–Trinajstić information content (AvgIpc) is 2.86. The average molecular weight is 283 g/mol. The Morgan fingerprint density at radius 1 is 1.26 bits per heavy atom. The lowest BCUT2D eigenvalue weighted by Crippen LogP contribution is -2.40. The van der Waals surface area contributed by atoms with Gasteiger partial charge in [0.2, 0.25) is 10.0 Å². The van der Waals surface area contributed by atoms with Crippen molar-refractivity contribution in [3.8, 4) is 5.75 Å². The molecule has 0 bridgehead atoms. The minimum absolute atomic E-state index is 0.327. The number of benzene rings is 1. The summed E-state index contributed by atoms with van der Waals surface area (Å²) in [5.74, 6) is 0.785. The van der Waals surface area contributed by atoms with Crippen LogP contribution in [0.2, 0.25) is 0 Å². The highest BCUT2D eigenvalue weighted by Crippen LogP contribution is 2.29. The van der Waals surface area contributed by atoms with Crippen LogP contribution in [0, 0.1) is 0 Å². The van der Waals surface area contributed by atoms with Gasteiger partial charge in [0.15, 0.2) is 0 Å². The zero-order valence-corrected chi connectivity index (χ0v) is 11.4. The first-order valence-electron chi connectivity index (χ1n) is 6.51. The molecule has 0 aromatic heterocycles. The van der Waals surface area contributed by atoms with E-state index in [1.807, 2.05) is 0 Å². The van der Waals surface area contributed by atoms with Crippen LogP contribution in [0.4, 0.5) is 0 Å². The molecular weight excluding hydrogens is 266 g/mol. The normalized spacial score (nSPS) is 21.1. The second-order valence-corrected chi connectivity index (χ2v) is 6.94. The number of nitrogens with zero attached hydrogens (tertiary/aromatic N) is 1. The third-order valence-corrected chi connectivity index (χ3v) is 5.62. The number of rotatable bonds is 2. The summed E-state index contributed by atoms with van der Waals surface area (Å²) in [5.41, 5.74) is 0.957. The van der Waals surface area contributed by atoms with Gasteiger partial charge in [0.05, 0.1) is 17.6 Å². The van der Waals surface area contributed by atoms with Crippen molar-refractivity contribution in [3.63, 3.8) is 0 Å². The van der Waals surface area contributed by atoms with Crippen LogP contribution in [0.1, 0.15) is 18.4 Å². The highest BCUT2D eigenvalue weighted by atomic mass is 32.2. The quantitative estimate of drug-likeness (QED) is 0.870. The first kappa shape index (κ1) is 12.9. The summed E-state index contributed by atoms with van der Waals surface area (Å²) < 4.78 is 31.8. The maximum atomic E-state index is 12.5. The van der Waals surface area contributed by atoms with Crippen LogP contribution in [-0.2, 0) is 16.4 Å². The van der Waals surface area contributed by atoms with Gasteiger partial charge in [-0.25, -0.2) is 8.42 Å². The summed E-state index contributed by atoms with van der Waals surface area (Å²) in [5, 5.41) is 9.45. The van der Waals surface area contributed by atoms with Gasteiger partial charge in [0, 0.05) is 19.5 Å². The smallest absolute Gasteiger partial charge is 0.243 e. The van der Waals surface area contributed by atoms with Gasteiger partial charge in [0.25, 0.3) is 0 Å². The Morgan fingerprint density at radius 3 is 2.74 bits per heavy atom. The SMILES string of the molecule is O=S(=O)(c1ccc2c(c1)CCO2)N1CCC(O)CC1. The Kier molecular flexibility index (Phi) is 3.24. The van der Waals surface area contributed by atoms with Gasteiger partial charge in [-0.1, -0.05) is 0 Å². The molecule has 1 N–H and O–H groups in total. The van der Waals surface area contributed by atoms with Crippen molar-refractivity contribution in [2.75, 3.05) is 19.7 Å². The standard InChI is InChI=1S/C13H17NO4S/c15-11-3-6-14(7-4-11)19(16,17)12-1-2-13-10(9-12)5-8-18-13/h1-2,9,11,15H,3-8H2. The van der Waals surface area contributed by atoms with Gasteiger partial charge in [-0.05, 0) is 36.6 Å². The largest absolute Gasteiger partial charge is 0.493 e. The molecule has 19 heavy (non-hydrogen) atoms. The number of hydrogen-bond acceptors (Lipinski definition) is 4. The third kappa shape index (κ3) is 2.35. The molecule has 0 spiro atoms. The zero-order chi connectivity index (χ0) is 13.5. The number of aliphatic hydroxyl groups excluding tert-OH is 1. The molecule has 1 aromatic rings. The minimum Gasteiger partial charge on any atom is -0.493 e. The van der Waals surface area contributed by atoms with Crippen molar-refractivity contribution in [1.82, 2.24) is 4.31 Å².